The lowest BCUT2D eigenvalue weighted by Gasteiger charge is -2.19. The Morgan fingerprint density at radius 1 is 0.852 bits per heavy atom. The second-order valence-electron chi connectivity index (χ2n) is 6.37. The van der Waals surface area contributed by atoms with E-state index < -0.39 is 0 Å². The Kier molecular flexibility index (Phi) is 7.03. The number of hydrogen-bond acceptors (Lipinski definition) is 2. The van der Waals surface area contributed by atoms with Crippen molar-refractivity contribution in [3.05, 3.63) is 107 Å². The van der Waals surface area contributed by atoms with E-state index in [1.165, 1.54) is 0 Å². The van der Waals surface area contributed by atoms with Gasteiger partial charge in [-0.1, -0.05) is 84.4 Å². The largest absolute Gasteiger partial charge is 0.355 e. The molecular weight excluding hydrogens is 356 g/mol. The Bertz CT molecular complexity index is 813. The molecule has 3 aromatic carbocycles. The Morgan fingerprint density at radius 3 is 2.07 bits per heavy atom. The van der Waals surface area contributed by atoms with Crippen molar-refractivity contribution in [2.24, 2.45) is 0 Å². The van der Waals surface area contributed by atoms with Crippen molar-refractivity contribution in [3.63, 3.8) is 0 Å². The number of carbonyl (C=O) groups excluding carboxylic acids is 1. The molecule has 0 fully saturated rings. The van der Waals surface area contributed by atoms with E-state index in [0.29, 0.717) is 11.6 Å². The number of carbonyl (C=O) groups is 1. The third-order valence-electron chi connectivity index (χ3n) is 4.36. The maximum absolute atomic E-state index is 12.3. The van der Waals surface area contributed by atoms with E-state index in [9.17, 15) is 4.79 Å². The smallest absolute Gasteiger partial charge is 0.233 e. The van der Waals surface area contributed by atoms with Gasteiger partial charge in [0.25, 0.3) is 0 Å². The van der Waals surface area contributed by atoms with E-state index in [-0.39, 0.29) is 18.5 Å². The highest BCUT2D eigenvalue weighted by Gasteiger charge is 2.14. The van der Waals surface area contributed by atoms with Gasteiger partial charge in [0.1, 0.15) is 0 Å². The van der Waals surface area contributed by atoms with Crippen molar-refractivity contribution in [2.45, 2.75) is 12.5 Å². The fourth-order valence-corrected chi connectivity index (χ4v) is 3.23. The van der Waals surface area contributed by atoms with Gasteiger partial charge in [-0.25, -0.2) is 0 Å². The summed E-state index contributed by atoms with van der Waals surface area (Å²) in [4.78, 5) is 12.3. The van der Waals surface area contributed by atoms with Crippen LogP contribution < -0.4 is 10.6 Å². The molecular formula is C23H23ClN2O. The molecule has 0 atom stereocenters. The number of benzene rings is 3. The number of nitrogens with one attached hydrogen (secondary N) is 2. The minimum Gasteiger partial charge on any atom is -0.355 e. The highest BCUT2D eigenvalue weighted by molar-refractivity contribution is 6.30. The summed E-state index contributed by atoms with van der Waals surface area (Å²) in [7, 11) is 0. The highest BCUT2D eigenvalue weighted by Crippen LogP contribution is 2.21. The summed E-state index contributed by atoms with van der Waals surface area (Å²) >= 11 is 5.99. The average Bonchev–Trinajstić information content (AvgIpc) is 2.70. The van der Waals surface area contributed by atoms with Crippen molar-refractivity contribution < 1.29 is 4.79 Å². The molecule has 0 aliphatic carbocycles. The number of amides is 1. The van der Waals surface area contributed by atoms with E-state index in [2.05, 4.69) is 34.9 Å². The molecule has 27 heavy (non-hydrogen) atoms. The minimum atomic E-state index is -0.0221. The molecule has 3 aromatic rings. The first-order valence-electron chi connectivity index (χ1n) is 9.07. The number of hydrogen-bond donors (Lipinski definition) is 2. The van der Waals surface area contributed by atoms with Crippen molar-refractivity contribution in [2.75, 3.05) is 13.1 Å². The lowest BCUT2D eigenvalue weighted by Crippen LogP contribution is -2.37. The van der Waals surface area contributed by atoms with Crippen molar-refractivity contribution in [1.82, 2.24) is 10.6 Å². The fourth-order valence-electron chi connectivity index (χ4n) is 3.02. The van der Waals surface area contributed by atoms with E-state index in [4.69, 9.17) is 11.6 Å². The van der Waals surface area contributed by atoms with Gasteiger partial charge in [-0.2, -0.15) is 0 Å². The number of halogens is 1. The SMILES string of the molecule is O=C(CNC(c1ccccc1)c1ccccc1)NCCc1cccc(Cl)c1. The van der Waals surface area contributed by atoms with Crippen LogP contribution in [-0.2, 0) is 11.2 Å². The lowest BCUT2D eigenvalue weighted by atomic mass is 9.99. The van der Waals surface area contributed by atoms with Gasteiger partial charge >= 0.3 is 0 Å². The second kappa shape index (κ2) is 9.91. The van der Waals surface area contributed by atoms with Crippen LogP contribution in [0.25, 0.3) is 0 Å². The maximum atomic E-state index is 12.3. The van der Waals surface area contributed by atoms with Crippen LogP contribution >= 0.6 is 11.6 Å². The molecule has 0 radical (unpaired) electrons. The summed E-state index contributed by atoms with van der Waals surface area (Å²) < 4.78 is 0. The van der Waals surface area contributed by atoms with Crippen molar-refractivity contribution in [1.29, 1.82) is 0 Å². The first-order valence-corrected chi connectivity index (χ1v) is 9.44. The zero-order valence-electron chi connectivity index (χ0n) is 15.1. The average molecular weight is 379 g/mol. The van der Waals surface area contributed by atoms with Crippen LogP contribution in [0, 0.1) is 0 Å². The predicted molar refractivity (Wildman–Crippen MR) is 111 cm³/mol. The summed E-state index contributed by atoms with van der Waals surface area (Å²) in [6.07, 6.45) is 0.757. The van der Waals surface area contributed by atoms with Gasteiger partial charge in [-0.3, -0.25) is 10.1 Å². The van der Waals surface area contributed by atoms with Gasteiger partial charge in [0, 0.05) is 11.6 Å². The van der Waals surface area contributed by atoms with Gasteiger partial charge in [0.2, 0.25) is 5.91 Å². The summed E-state index contributed by atoms with van der Waals surface area (Å²) in [5.74, 6) is -0.0195. The molecule has 4 heteroatoms. The third-order valence-corrected chi connectivity index (χ3v) is 4.59. The predicted octanol–water partition coefficient (Wildman–Crippen LogP) is 4.38. The number of rotatable bonds is 8. The van der Waals surface area contributed by atoms with Crippen LogP contribution in [-0.4, -0.2) is 19.0 Å². The van der Waals surface area contributed by atoms with E-state index in [1.54, 1.807) is 0 Å². The summed E-state index contributed by atoms with van der Waals surface area (Å²) in [5.41, 5.74) is 3.38. The van der Waals surface area contributed by atoms with E-state index >= 15 is 0 Å². The second-order valence-corrected chi connectivity index (χ2v) is 6.80. The lowest BCUT2D eigenvalue weighted by molar-refractivity contribution is -0.120. The van der Waals surface area contributed by atoms with E-state index in [0.717, 1.165) is 23.1 Å². The van der Waals surface area contributed by atoms with E-state index in [1.807, 2.05) is 60.7 Å². The van der Waals surface area contributed by atoms with Gasteiger partial charge in [0.15, 0.2) is 0 Å². The Morgan fingerprint density at radius 2 is 1.48 bits per heavy atom. The van der Waals surface area contributed by atoms with Crippen LogP contribution in [0.5, 0.6) is 0 Å². The molecule has 0 bridgehead atoms. The van der Waals surface area contributed by atoms with Gasteiger partial charge < -0.3 is 5.32 Å². The standard InChI is InChI=1S/C23H23ClN2O/c24-21-13-7-8-18(16-21)14-15-25-22(27)17-26-23(19-9-3-1-4-10-19)20-11-5-2-6-12-20/h1-13,16,23,26H,14-15,17H2,(H,25,27). The molecule has 1 amide bonds. The third kappa shape index (κ3) is 5.95. The molecule has 3 nitrogen and oxygen atoms in total. The normalized spacial score (nSPS) is 10.7. The molecule has 0 unspecified atom stereocenters. The van der Waals surface area contributed by atoms with Crippen LogP contribution in [0.3, 0.4) is 0 Å². The summed E-state index contributed by atoms with van der Waals surface area (Å²) in [5, 5.41) is 7.06. The molecule has 0 spiro atoms. The molecule has 138 valence electrons. The minimum absolute atomic E-state index is 0.0195. The first-order chi connectivity index (χ1) is 13.2. The molecule has 0 saturated carbocycles. The monoisotopic (exact) mass is 378 g/mol. The molecule has 0 aliphatic heterocycles. The Hall–Kier alpha value is -2.62. The quantitative estimate of drug-likeness (QED) is 0.610. The van der Waals surface area contributed by atoms with Gasteiger partial charge in [-0.05, 0) is 35.2 Å². The van der Waals surface area contributed by atoms with Crippen LogP contribution in [0.15, 0.2) is 84.9 Å². The summed E-state index contributed by atoms with van der Waals surface area (Å²) in [6.45, 7) is 0.839. The maximum Gasteiger partial charge on any atom is 0.233 e. The van der Waals surface area contributed by atoms with Crippen LogP contribution in [0.1, 0.15) is 22.7 Å². The molecule has 3 rings (SSSR count). The van der Waals surface area contributed by atoms with Crippen molar-refractivity contribution >= 4 is 17.5 Å². The Balaban J connectivity index is 1.54. The zero-order chi connectivity index (χ0) is 18.9. The van der Waals surface area contributed by atoms with Crippen LogP contribution in [0.2, 0.25) is 5.02 Å². The van der Waals surface area contributed by atoms with Crippen LogP contribution in [0.4, 0.5) is 0 Å². The van der Waals surface area contributed by atoms with Gasteiger partial charge in [0.05, 0.1) is 12.6 Å². The fraction of sp³-hybridized carbons (Fsp3) is 0.174. The Labute approximate surface area is 165 Å². The summed E-state index contributed by atoms with van der Waals surface area (Å²) in [6, 6.07) is 28.0. The molecule has 0 aliphatic rings. The topological polar surface area (TPSA) is 41.1 Å². The van der Waals surface area contributed by atoms with Crippen molar-refractivity contribution in [3.8, 4) is 0 Å². The highest BCUT2D eigenvalue weighted by atomic mass is 35.5. The molecule has 0 heterocycles. The van der Waals surface area contributed by atoms with Gasteiger partial charge in [-0.15, -0.1) is 0 Å². The molecule has 2 N–H and O–H groups in total. The molecule has 0 saturated heterocycles. The first kappa shape index (κ1) is 19.2. The molecule has 0 aromatic heterocycles. The zero-order valence-corrected chi connectivity index (χ0v) is 15.8.